The minimum Gasteiger partial charge on any atom is -0.455 e. The van der Waals surface area contributed by atoms with Crippen molar-refractivity contribution in [3.05, 3.63) is 58.9 Å². The fourth-order valence-corrected chi connectivity index (χ4v) is 5.45. The van der Waals surface area contributed by atoms with Gasteiger partial charge in [-0.2, -0.15) is 12.7 Å². The molecule has 0 aliphatic heterocycles. The second kappa shape index (κ2) is 7.86. The van der Waals surface area contributed by atoms with Crippen LogP contribution in [0.25, 0.3) is 5.52 Å². The number of imidazole rings is 1. The van der Waals surface area contributed by atoms with E-state index in [-0.39, 0.29) is 11.5 Å². The molecule has 3 aromatic heterocycles. The van der Waals surface area contributed by atoms with Gasteiger partial charge in [0.25, 0.3) is 0 Å². The Balaban J connectivity index is 1.82. The first-order chi connectivity index (χ1) is 15.1. The van der Waals surface area contributed by atoms with E-state index in [0.29, 0.717) is 24.2 Å². The van der Waals surface area contributed by atoms with E-state index < -0.39 is 28.2 Å². The highest BCUT2D eigenvalue weighted by molar-refractivity contribution is 7.87. The van der Waals surface area contributed by atoms with Gasteiger partial charge in [0.1, 0.15) is 12.0 Å². The van der Waals surface area contributed by atoms with Gasteiger partial charge in [0.2, 0.25) is 0 Å². The first kappa shape index (κ1) is 22.2. The van der Waals surface area contributed by atoms with Crippen molar-refractivity contribution in [2.45, 2.75) is 39.7 Å². The first-order valence-electron chi connectivity index (χ1n) is 10.3. The van der Waals surface area contributed by atoms with Gasteiger partial charge < -0.3 is 9.14 Å². The number of esters is 1. The van der Waals surface area contributed by atoms with Gasteiger partial charge in [-0.05, 0) is 49.9 Å². The van der Waals surface area contributed by atoms with Crippen LogP contribution in [0.15, 0.2) is 30.7 Å². The fraction of sp³-hybridized carbons (Fsp3) is 0.409. The highest BCUT2D eigenvalue weighted by atomic mass is 32.2. The van der Waals surface area contributed by atoms with Crippen LogP contribution in [0.1, 0.15) is 52.5 Å². The molecule has 0 saturated carbocycles. The summed E-state index contributed by atoms with van der Waals surface area (Å²) in [6, 6.07) is 5.76. The number of hydrogen-bond donors (Lipinski definition) is 0. The van der Waals surface area contributed by atoms with Crippen molar-refractivity contribution in [3.63, 3.8) is 0 Å². The summed E-state index contributed by atoms with van der Waals surface area (Å²) in [5.41, 5.74) is 4.19. The maximum absolute atomic E-state index is 13.7. The van der Waals surface area contributed by atoms with Crippen molar-refractivity contribution in [1.82, 2.24) is 17.7 Å². The van der Waals surface area contributed by atoms with Crippen molar-refractivity contribution in [3.8, 4) is 0 Å². The lowest BCUT2D eigenvalue weighted by Crippen LogP contribution is -2.32. The minimum absolute atomic E-state index is 0.142. The molecule has 3 heterocycles. The summed E-state index contributed by atoms with van der Waals surface area (Å²) in [4.78, 5) is 29.9. The van der Waals surface area contributed by atoms with Crippen molar-refractivity contribution in [1.29, 1.82) is 0 Å². The van der Waals surface area contributed by atoms with E-state index in [1.54, 1.807) is 6.92 Å². The molecule has 9 nitrogen and oxygen atoms in total. The molecule has 1 aliphatic rings. The summed E-state index contributed by atoms with van der Waals surface area (Å²) in [7, 11) is -0.967. The number of carbonyl (C=O) groups is 2. The Kier molecular flexibility index (Phi) is 5.46. The van der Waals surface area contributed by atoms with Gasteiger partial charge in [0, 0.05) is 32.7 Å². The van der Waals surface area contributed by atoms with Crippen LogP contribution >= 0.6 is 0 Å². The Morgan fingerprint density at radius 3 is 2.66 bits per heavy atom. The van der Waals surface area contributed by atoms with E-state index >= 15 is 0 Å². The van der Waals surface area contributed by atoms with E-state index in [9.17, 15) is 18.0 Å². The fourth-order valence-electron chi connectivity index (χ4n) is 4.49. The number of ether oxygens (including phenoxy) is 1. The zero-order valence-corrected chi connectivity index (χ0v) is 19.5. The number of nitrogens with zero attached hydrogens (tertiary/aromatic N) is 4. The lowest BCUT2D eigenvalue weighted by Gasteiger charge is -2.28. The number of pyridine rings is 1. The smallest absolute Gasteiger partial charge is 0.308 e. The van der Waals surface area contributed by atoms with Gasteiger partial charge in [0.15, 0.2) is 11.9 Å². The van der Waals surface area contributed by atoms with E-state index in [0.717, 1.165) is 24.9 Å². The third-order valence-corrected chi connectivity index (χ3v) is 7.93. The van der Waals surface area contributed by atoms with E-state index in [4.69, 9.17) is 4.74 Å². The summed E-state index contributed by atoms with van der Waals surface area (Å²) in [6.45, 7) is 4.87. The van der Waals surface area contributed by atoms with Crippen LogP contribution < -0.4 is 0 Å². The lowest BCUT2D eigenvalue weighted by molar-refractivity contribution is -0.149. The number of fused-ring (bicyclic) bond motifs is 3. The number of hydrogen-bond acceptors (Lipinski definition) is 6. The summed E-state index contributed by atoms with van der Waals surface area (Å²) >= 11 is 0. The molecule has 0 aromatic carbocycles. The molecule has 3 aromatic rings. The van der Waals surface area contributed by atoms with Gasteiger partial charge in [-0.3, -0.25) is 9.59 Å². The zero-order valence-electron chi connectivity index (χ0n) is 18.7. The van der Waals surface area contributed by atoms with Crippen LogP contribution in [0.4, 0.5) is 0 Å². The van der Waals surface area contributed by atoms with Crippen molar-refractivity contribution < 1.29 is 22.7 Å². The normalized spacial score (nSPS) is 17.6. The molecule has 2 unspecified atom stereocenters. The SMILES string of the molecule is CC(=O)OC(c1ncn(S(=O)(=O)N(C)C)c1C)C1CCc2c(C)c3ccccn3c2C1=O. The molecule has 0 amide bonds. The Morgan fingerprint density at radius 2 is 2.00 bits per heavy atom. The van der Waals surface area contributed by atoms with Gasteiger partial charge in [0.05, 0.1) is 17.3 Å². The molecule has 0 bridgehead atoms. The van der Waals surface area contributed by atoms with Crippen molar-refractivity contribution in [2.75, 3.05) is 14.1 Å². The first-order valence-corrected chi connectivity index (χ1v) is 11.7. The molecule has 0 radical (unpaired) electrons. The second-order valence-electron chi connectivity index (χ2n) is 8.25. The third kappa shape index (κ3) is 3.34. The predicted octanol–water partition coefficient (Wildman–Crippen LogP) is 2.46. The van der Waals surface area contributed by atoms with Gasteiger partial charge in [-0.15, -0.1) is 0 Å². The van der Waals surface area contributed by atoms with Gasteiger partial charge >= 0.3 is 16.2 Å². The summed E-state index contributed by atoms with van der Waals surface area (Å²) < 4.78 is 34.9. The van der Waals surface area contributed by atoms with E-state index in [1.165, 1.54) is 27.3 Å². The lowest BCUT2D eigenvalue weighted by atomic mass is 9.81. The highest BCUT2D eigenvalue weighted by Crippen LogP contribution is 2.40. The van der Waals surface area contributed by atoms with Crippen LogP contribution in [0, 0.1) is 19.8 Å². The Labute approximate surface area is 186 Å². The number of ketones is 1. The Morgan fingerprint density at radius 1 is 1.28 bits per heavy atom. The molecule has 0 spiro atoms. The Bertz CT molecular complexity index is 1340. The molecule has 170 valence electrons. The maximum Gasteiger partial charge on any atom is 0.308 e. The molecule has 0 saturated heterocycles. The average Bonchev–Trinajstić information content (AvgIpc) is 3.26. The largest absolute Gasteiger partial charge is 0.455 e. The third-order valence-electron chi connectivity index (χ3n) is 6.14. The molecular weight excluding hydrogens is 432 g/mol. The molecule has 10 heteroatoms. The number of aromatic nitrogens is 3. The number of aryl methyl sites for hydroxylation is 1. The van der Waals surface area contributed by atoms with Crippen molar-refractivity contribution >= 4 is 27.5 Å². The van der Waals surface area contributed by atoms with Crippen LogP contribution in [-0.4, -0.2) is 51.9 Å². The highest BCUT2D eigenvalue weighted by Gasteiger charge is 2.41. The summed E-state index contributed by atoms with van der Waals surface area (Å²) in [5.74, 6) is -1.38. The van der Waals surface area contributed by atoms with E-state index in [1.807, 2.05) is 35.7 Å². The molecule has 1 aliphatic carbocycles. The monoisotopic (exact) mass is 458 g/mol. The summed E-state index contributed by atoms with van der Waals surface area (Å²) in [5, 5.41) is 0. The topological polar surface area (TPSA) is 103 Å². The quantitative estimate of drug-likeness (QED) is 0.544. The minimum atomic E-state index is -3.81. The van der Waals surface area contributed by atoms with Crippen LogP contribution in [0.2, 0.25) is 0 Å². The van der Waals surface area contributed by atoms with Gasteiger partial charge in [-0.25, -0.2) is 8.96 Å². The zero-order chi connectivity index (χ0) is 23.4. The molecule has 0 fully saturated rings. The predicted molar refractivity (Wildman–Crippen MR) is 118 cm³/mol. The average molecular weight is 459 g/mol. The van der Waals surface area contributed by atoms with Crippen LogP contribution in [-0.2, 0) is 26.2 Å². The molecule has 4 rings (SSSR count). The molecule has 2 atom stereocenters. The molecule has 32 heavy (non-hydrogen) atoms. The summed E-state index contributed by atoms with van der Waals surface area (Å²) in [6.07, 6.45) is 3.17. The number of Topliss-reactive ketones (excluding diaryl/α,β-unsaturated/α-hetero) is 1. The Hall–Kier alpha value is -2.98. The maximum atomic E-state index is 13.7. The van der Waals surface area contributed by atoms with E-state index in [2.05, 4.69) is 4.98 Å². The number of rotatable bonds is 5. The molecule has 0 N–H and O–H groups in total. The van der Waals surface area contributed by atoms with Gasteiger partial charge in [-0.1, -0.05) is 6.07 Å². The molecular formula is C22H26N4O5S. The standard InChI is InChI=1S/C22H26N4O5S/c1-13-16-9-10-17(21(28)20(16)25-11-7-6-8-18(13)25)22(31-15(3)27)19-14(2)26(12-23-19)32(29,30)24(4)5/h6-8,11-12,17,22H,9-10H2,1-5H3. The van der Waals surface area contributed by atoms with Crippen LogP contribution in [0.5, 0.6) is 0 Å². The number of carbonyl (C=O) groups excluding carboxylic acids is 2. The van der Waals surface area contributed by atoms with Crippen LogP contribution in [0.3, 0.4) is 0 Å². The second-order valence-corrected chi connectivity index (χ2v) is 10.3. The van der Waals surface area contributed by atoms with Crippen molar-refractivity contribution in [2.24, 2.45) is 5.92 Å².